The first-order valence-electron chi connectivity index (χ1n) is 6.82. The van der Waals surface area contributed by atoms with Crippen LogP contribution in [0.15, 0.2) is 23.7 Å². The van der Waals surface area contributed by atoms with Gasteiger partial charge >= 0.3 is 0 Å². The lowest BCUT2D eigenvalue weighted by atomic mass is 10.5. The van der Waals surface area contributed by atoms with E-state index in [1.54, 1.807) is 13.3 Å². The fraction of sp³-hybridized carbons (Fsp3) is 0.692. The molecule has 0 saturated heterocycles. The Morgan fingerprint density at radius 1 is 1.40 bits per heavy atom. The van der Waals surface area contributed by atoms with E-state index in [4.69, 9.17) is 4.74 Å². The maximum Gasteiger partial charge on any atom is 0.191 e. The van der Waals surface area contributed by atoms with Crippen LogP contribution in [0.25, 0.3) is 0 Å². The van der Waals surface area contributed by atoms with E-state index < -0.39 is 0 Å². The highest BCUT2D eigenvalue weighted by Gasteiger charge is 1.98. The van der Waals surface area contributed by atoms with Crippen molar-refractivity contribution in [1.82, 2.24) is 20.2 Å². The first kappa shape index (κ1) is 16.8. The van der Waals surface area contributed by atoms with Gasteiger partial charge in [-0.2, -0.15) is 11.8 Å². The van der Waals surface area contributed by atoms with Gasteiger partial charge < -0.3 is 19.9 Å². The molecule has 0 unspecified atom stereocenters. The summed E-state index contributed by atoms with van der Waals surface area (Å²) in [5.74, 6) is 1.99. The Labute approximate surface area is 125 Å². The number of aromatic nitrogens is 2. The summed E-state index contributed by atoms with van der Waals surface area (Å²) in [4.78, 5) is 8.57. The van der Waals surface area contributed by atoms with E-state index >= 15 is 0 Å². The second kappa shape index (κ2) is 11.6. The molecular formula is C13H25N5OS. The van der Waals surface area contributed by atoms with E-state index in [1.807, 2.05) is 28.9 Å². The summed E-state index contributed by atoms with van der Waals surface area (Å²) in [5.41, 5.74) is 0. The van der Waals surface area contributed by atoms with Crippen molar-refractivity contribution in [2.75, 3.05) is 45.4 Å². The van der Waals surface area contributed by atoms with E-state index in [1.165, 1.54) is 0 Å². The van der Waals surface area contributed by atoms with Crippen molar-refractivity contribution in [2.24, 2.45) is 4.99 Å². The quantitative estimate of drug-likeness (QED) is 0.380. The number of hydrogen-bond acceptors (Lipinski definition) is 4. The molecule has 0 spiro atoms. The number of imidazole rings is 1. The van der Waals surface area contributed by atoms with Crippen LogP contribution in [0.1, 0.15) is 6.42 Å². The summed E-state index contributed by atoms with van der Waals surface area (Å²) in [6.45, 7) is 3.96. The van der Waals surface area contributed by atoms with Gasteiger partial charge in [-0.3, -0.25) is 4.99 Å². The molecule has 0 aliphatic heterocycles. The highest BCUT2D eigenvalue weighted by Crippen LogP contribution is 1.95. The Morgan fingerprint density at radius 2 is 2.25 bits per heavy atom. The zero-order valence-electron chi connectivity index (χ0n) is 12.3. The van der Waals surface area contributed by atoms with Gasteiger partial charge in [-0.15, -0.1) is 0 Å². The lowest BCUT2D eigenvalue weighted by Crippen LogP contribution is -2.40. The Kier molecular flexibility index (Phi) is 9.77. The van der Waals surface area contributed by atoms with Gasteiger partial charge in [0.2, 0.25) is 0 Å². The SMILES string of the molecule is COCCNC(=NCCCSC)NCCn1ccnc1. The van der Waals surface area contributed by atoms with Gasteiger partial charge in [-0.25, -0.2) is 4.98 Å². The molecule has 0 aliphatic rings. The van der Waals surface area contributed by atoms with E-state index in [0.717, 1.165) is 44.3 Å². The number of rotatable bonds is 10. The number of ether oxygens (including phenoxy) is 1. The van der Waals surface area contributed by atoms with Crippen molar-refractivity contribution in [3.63, 3.8) is 0 Å². The average molecular weight is 299 g/mol. The standard InChI is InChI=1S/C13H25N5OS/c1-19-10-7-17-13(15-4-3-11-20-2)16-6-9-18-8-5-14-12-18/h5,8,12H,3-4,6-7,9-11H2,1-2H3,(H2,15,16,17). The normalized spacial score (nSPS) is 11.6. The Bertz CT molecular complexity index is 356. The number of thioether (sulfide) groups is 1. The lowest BCUT2D eigenvalue weighted by Gasteiger charge is -2.12. The number of nitrogens with one attached hydrogen (secondary N) is 2. The van der Waals surface area contributed by atoms with Crippen molar-refractivity contribution in [2.45, 2.75) is 13.0 Å². The average Bonchev–Trinajstić information content (AvgIpc) is 2.96. The first-order valence-corrected chi connectivity index (χ1v) is 8.22. The first-order chi connectivity index (χ1) is 9.86. The van der Waals surface area contributed by atoms with Gasteiger partial charge in [-0.05, 0) is 18.4 Å². The van der Waals surface area contributed by atoms with E-state index in [9.17, 15) is 0 Å². The Balaban J connectivity index is 2.28. The number of guanidine groups is 1. The second-order valence-corrected chi connectivity index (χ2v) is 5.21. The third kappa shape index (κ3) is 8.06. The summed E-state index contributed by atoms with van der Waals surface area (Å²) < 4.78 is 7.07. The third-order valence-corrected chi connectivity index (χ3v) is 3.29. The van der Waals surface area contributed by atoms with E-state index in [2.05, 4.69) is 26.9 Å². The molecule has 114 valence electrons. The van der Waals surface area contributed by atoms with Crippen molar-refractivity contribution in [1.29, 1.82) is 0 Å². The maximum absolute atomic E-state index is 5.04. The molecule has 0 atom stereocenters. The molecule has 1 aromatic heterocycles. The monoisotopic (exact) mass is 299 g/mol. The summed E-state index contributed by atoms with van der Waals surface area (Å²) in [6.07, 6.45) is 8.77. The van der Waals surface area contributed by atoms with E-state index in [-0.39, 0.29) is 0 Å². The molecule has 2 N–H and O–H groups in total. The van der Waals surface area contributed by atoms with Gasteiger partial charge in [-0.1, -0.05) is 0 Å². The van der Waals surface area contributed by atoms with Crippen LogP contribution in [0.3, 0.4) is 0 Å². The summed E-state index contributed by atoms with van der Waals surface area (Å²) in [5, 5.41) is 6.58. The third-order valence-electron chi connectivity index (χ3n) is 2.60. The van der Waals surface area contributed by atoms with Gasteiger partial charge in [0.15, 0.2) is 5.96 Å². The smallest absolute Gasteiger partial charge is 0.191 e. The largest absolute Gasteiger partial charge is 0.383 e. The Morgan fingerprint density at radius 3 is 2.95 bits per heavy atom. The van der Waals surface area contributed by atoms with Crippen LogP contribution >= 0.6 is 11.8 Å². The van der Waals surface area contributed by atoms with Crippen LogP contribution in [-0.2, 0) is 11.3 Å². The molecule has 0 bridgehead atoms. The second-order valence-electron chi connectivity index (χ2n) is 4.22. The Hall–Kier alpha value is -1.21. The van der Waals surface area contributed by atoms with Gasteiger partial charge in [0.05, 0.1) is 12.9 Å². The molecule has 0 amide bonds. The summed E-state index contributed by atoms with van der Waals surface area (Å²) >= 11 is 1.85. The molecule has 20 heavy (non-hydrogen) atoms. The van der Waals surface area contributed by atoms with E-state index in [0.29, 0.717) is 6.61 Å². The topological polar surface area (TPSA) is 63.5 Å². The molecule has 0 aromatic carbocycles. The summed E-state index contributed by atoms with van der Waals surface area (Å²) in [6, 6.07) is 0. The van der Waals surface area contributed by atoms with Crippen molar-refractivity contribution in [3.05, 3.63) is 18.7 Å². The predicted octanol–water partition coefficient (Wildman–Crippen LogP) is 0.818. The number of hydrogen-bond donors (Lipinski definition) is 2. The fourth-order valence-corrected chi connectivity index (χ4v) is 1.99. The molecule has 6 nitrogen and oxygen atoms in total. The van der Waals surface area contributed by atoms with Gasteiger partial charge in [0, 0.05) is 45.7 Å². The van der Waals surface area contributed by atoms with Crippen molar-refractivity contribution in [3.8, 4) is 0 Å². The van der Waals surface area contributed by atoms with Crippen LogP contribution in [0.4, 0.5) is 0 Å². The lowest BCUT2D eigenvalue weighted by molar-refractivity contribution is 0.203. The minimum absolute atomic E-state index is 0.674. The van der Waals surface area contributed by atoms with Crippen LogP contribution < -0.4 is 10.6 Å². The van der Waals surface area contributed by atoms with Crippen molar-refractivity contribution >= 4 is 17.7 Å². The molecule has 1 aromatic rings. The number of methoxy groups -OCH3 is 1. The van der Waals surface area contributed by atoms with Crippen LogP contribution in [0.5, 0.6) is 0 Å². The minimum Gasteiger partial charge on any atom is -0.383 e. The molecule has 1 heterocycles. The number of nitrogens with zero attached hydrogens (tertiary/aromatic N) is 3. The highest BCUT2D eigenvalue weighted by atomic mass is 32.2. The predicted molar refractivity (Wildman–Crippen MR) is 85.4 cm³/mol. The molecule has 0 fully saturated rings. The highest BCUT2D eigenvalue weighted by molar-refractivity contribution is 7.98. The molecule has 0 radical (unpaired) electrons. The maximum atomic E-state index is 5.04. The molecule has 0 aliphatic carbocycles. The zero-order chi connectivity index (χ0) is 14.5. The molecule has 0 saturated carbocycles. The molecule has 7 heteroatoms. The zero-order valence-corrected chi connectivity index (χ0v) is 13.2. The van der Waals surface area contributed by atoms with Crippen molar-refractivity contribution < 1.29 is 4.74 Å². The van der Waals surface area contributed by atoms with Crippen LogP contribution in [0.2, 0.25) is 0 Å². The fourth-order valence-electron chi connectivity index (χ4n) is 1.57. The molecular weight excluding hydrogens is 274 g/mol. The number of aliphatic imine (C=N–C) groups is 1. The van der Waals surface area contributed by atoms with Crippen LogP contribution in [0, 0.1) is 0 Å². The molecule has 1 rings (SSSR count). The minimum atomic E-state index is 0.674. The van der Waals surface area contributed by atoms with Crippen LogP contribution in [-0.4, -0.2) is 60.9 Å². The van der Waals surface area contributed by atoms with Gasteiger partial charge in [0.25, 0.3) is 0 Å². The van der Waals surface area contributed by atoms with Gasteiger partial charge in [0.1, 0.15) is 0 Å². The summed E-state index contributed by atoms with van der Waals surface area (Å²) in [7, 11) is 1.70.